The van der Waals surface area contributed by atoms with E-state index < -0.39 is 31.7 Å². The van der Waals surface area contributed by atoms with Gasteiger partial charge in [0.1, 0.15) is 0 Å². The zero-order valence-electron chi connectivity index (χ0n) is 15.4. The number of carbonyl (C=O) groups excluding carboxylic acids is 2. The average Bonchev–Trinajstić information content (AvgIpc) is 3.29. The van der Waals surface area contributed by atoms with Gasteiger partial charge in [-0.2, -0.15) is 24.3 Å². The Morgan fingerprint density at radius 3 is 1.56 bits per heavy atom. The Balaban J connectivity index is -0.000000273. The molecule has 0 aliphatic carbocycles. The molecule has 0 aromatic heterocycles. The number of carbonyl (C=O) groups is 2. The van der Waals surface area contributed by atoms with Crippen LogP contribution in [0.25, 0.3) is 0 Å². The second-order valence-electron chi connectivity index (χ2n) is 4.73. The Morgan fingerprint density at radius 1 is 0.920 bits per heavy atom. The number of hydrogen-bond donors (Lipinski definition) is 0. The van der Waals surface area contributed by atoms with Crippen LogP contribution in [0.15, 0.2) is 66.7 Å². The number of rotatable bonds is 2. The Kier molecular flexibility index (Phi) is 26.2. The van der Waals surface area contributed by atoms with Crippen molar-refractivity contribution in [2.75, 3.05) is 14.2 Å². The van der Waals surface area contributed by atoms with Crippen LogP contribution in [-0.4, -0.2) is 45.9 Å². The number of hydrogen-bond acceptors (Lipinski definition) is 4. The molecule has 0 unspecified atom stereocenters. The zero-order chi connectivity index (χ0) is 18.6. The molecule has 2 rings (SSSR count). The van der Waals surface area contributed by atoms with Gasteiger partial charge in [0.15, 0.2) is 5.97 Å². The van der Waals surface area contributed by atoms with Crippen LogP contribution in [0.3, 0.4) is 0 Å². The molecule has 4 nitrogen and oxygen atoms in total. The van der Waals surface area contributed by atoms with Crippen molar-refractivity contribution in [3.63, 3.8) is 0 Å². The Labute approximate surface area is 172 Å². The molecule has 2 aromatic carbocycles. The van der Waals surface area contributed by atoms with Gasteiger partial charge < -0.3 is 44.6 Å². The minimum Gasteiger partial charge on any atom is -0.748 e. The molecule has 25 heavy (non-hydrogen) atoms. The van der Waals surface area contributed by atoms with Crippen LogP contribution in [0.1, 0.15) is 0 Å². The quantitative estimate of drug-likeness (QED) is 0.255. The number of methoxy groups -OCH3 is 2. The zero-order valence-corrected chi connectivity index (χ0v) is 20.3. The molecular weight excluding hydrogens is 507 g/mol. The van der Waals surface area contributed by atoms with E-state index in [4.69, 9.17) is 0 Å². The van der Waals surface area contributed by atoms with Crippen LogP contribution in [0.4, 0.5) is 0 Å². The summed E-state index contributed by atoms with van der Waals surface area (Å²) in [5.41, 5.74) is 0. The Hall–Kier alpha value is -1.13. The smallest absolute Gasteiger partial charge is 0 e. The topological polar surface area (TPSA) is 52.6 Å². The third kappa shape index (κ3) is 31.2. The van der Waals surface area contributed by atoms with Crippen molar-refractivity contribution in [2.45, 2.75) is 14.8 Å². The fraction of sp³-hybridized carbons (Fsp3) is 0.263. The predicted molar refractivity (Wildman–Crippen MR) is 99.3 cm³/mol. The summed E-state index contributed by atoms with van der Waals surface area (Å²) in [6.07, 6.45) is 2.89. The molecule has 0 N–H and O–H groups in total. The van der Waals surface area contributed by atoms with Crippen LogP contribution < -0.4 is 0 Å². The first-order valence-corrected chi connectivity index (χ1v) is 15.9. The average molecular weight is 533 g/mol. The summed E-state index contributed by atoms with van der Waals surface area (Å²) in [7, 11) is 2.40. The SMILES string of the molecule is COC(=O)[C-]=CC(=O)OC.[CH3][Sn]([CH3])[CH3].[Mo].[cH-]1[cH-][cH-][cH-][cH-]1.c1cc[cH-]c1. The minimum atomic E-state index is -0.703. The normalized spacial score (nSPS) is 8.40. The maximum Gasteiger partial charge on any atom is 0 e. The fourth-order valence-electron chi connectivity index (χ4n) is 0.877. The summed E-state index contributed by atoms with van der Waals surface area (Å²) >= 11 is -0.543. The first-order chi connectivity index (χ1) is 11.4. The van der Waals surface area contributed by atoms with Gasteiger partial charge in [-0.1, -0.05) is 0 Å². The van der Waals surface area contributed by atoms with E-state index in [0.29, 0.717) is 0 Å². The molecular formula is C19H26MoO4Sn-7. The summed E-state index contributed by atoms with van der Waals surface area (Å²) in [5, 5.41) is 0. The summed E-state index contributed by atoms with van der Waals surface area (Å²) in [6, 6.07) is 20.0. The molecule has 2 aromatic rings. The van der Waals surface area contributed by atoms with Crippen LogP contribution >= 0.6 is 0 Å². The molecule has 0 aliphatic rings. The third-order valence-corrected chi connectivity index (χ3v) is 1.81. The van der Waals surface area contributed by atoms with E-state index in [0.717, 1.165) is 6.08 Å². The maximum absolute atomic E-state index is 10.3. The largest absolute Gasteiger partial charge is 0.748 e. The standard InChI is InChI=1S/C6H7O4.2C5H5.3CH3.Mo.Sn/c1-9-5(7)3-4-6(8)10-2;2*1-2-4-5-3-1;;;;;/h3H,1-2H3;2*1-5H;3*1H3;;/q-1;-5;-1;;;;;. The molecule has 0 fully saturated rings. The van der Waals surface area contributed by atoms with Crippen LogP contribution in [-0.2, 0) is 40.1 Å². The van der Waals surface area contributed by atoms with E-state index in [2.05, 4.69) is 24.3 Å². The molecule has 0 saturated carbocycles. The van der Waals surface area contributed by atoms with E-state index in [9.17, 15) is 9.59 Å². The van der Waals surface area contributed by atoms with E-state index in [1.165, 1.54) is 14.2 Å². The Morgan fingerprint density at radius 2 is 1.32 bits per heavy atom. The molecule has 0 atom stereocenters. The van der Waals surface area contributed by atoms with E-state index in [1.54, 1.807) is 0 Å². The van der Waals surface area contributed by atoms with Crippen LogP contribution in [0.2, 0.25) is 14.8 Å². The summed E-state index contributed by atoms with van der Waals surface area (Å²) in [5.74, 6) is -1.34. The molecule has 0 spiro atoms. The van der Waals surface area contributed by atoms with Crippen molar-refractivity contribution in [1.29, 1.82) is 0 Å². The van der Waals surface area contributed by atoms with Crippen molar-refractivity contribution in [3.8, 4) is 0 Å². The minimum absolute atomic E-state index is 0. The van der Waals surface area contributed by atoms with E-state index >= 15 is 0 Å². The van der Waals surface area contributed by atoms with Gasteiger partial charge in [-0.15, -0.1) is 6.08 Å². The van der Waals surface area contributed by atoms with Crippen molar-refractivity contribution >= 4 is 31.7 Å². The monoisotopic (exact) mass is 536 g/mol. The van der Waals surface area contributed by atoms with Gasteiger partial charge in [-0.05, 0) is 0 Å². The van der Waals surface area contributed by atoms with Gasteiger partial charge in [0, 0.05) is 21.1 Å². The van der Waals surface area contributed by atoms with Gasteiger partial charge in [0.25, 0.3) is 0 Å². The Bertz CT molecular complexity index is 424. The molecule has 0 bridgehead atoms. The second kappa shape index (κ2) is 22.9. The first-order valence-electron chi connectivity index (χ1n) is 7.29. The maximum atomic E-state index is 10.3. The van der Waals surface area contributed by atoms with Gasteiger partial charge in [0.2, 0.25) is 5.97 Å². The van der Waals surface area contributed by atoms with Gasteiger partial charge in [-0.3, -0.25) is 4.79 Å². The molecule has 0 amide bonds. The van der Waals surface area contributed by atoms with E-state index in [1.807, 2.05) is 66.7 Å². The fourth-order valence-corrected chi connectivity index (χ4v) is 0.877. The van der Waals surface area contributed by atoms with Crippen molar-refractivity contribution in [2.24, 2.45) is 0 Å². The molecule has 0 aliphatic heterocycles. The molecule has 6 heteroatoms. The number of esters is 2. The van der Waals surface area contributed by atoms with Crippen molar-refractivity contribution in [3.05, 3.63) is 72.8 Å². The molecule has 1 radical (unpaired) electrons. The second-order valence-corrected chi connectivity index (χ2v) is 13.3. The third-order valence-electron chi connectivity index (χ3n) is 1.81. The van der Waals surface area contributed by atoms with Crippen molar-refractivity contribution in [1.82, 2.24) is 0 Å². The predicted octanol–water partition coefficient (Wildman–Crippen LogP) is 3.87. The molecule has 0 saturated heterocycles. The van der Waals surface area contributed by atoms with Crippen LogP contribution in [0.5, 0.6) is 0 Å². The molecule has 0 heterocycles. The summed E-state index contributed by atoms with van der Waals surface area (Å²) in [6.45, 7) is 0. The summed E-state index contributed by atoms with van der Waals surface area (Å²) < 4.78 is 8.34. The molecule has 143 valence electrons. The van der Waals surface area contributed by atoms with Gasteiger partial charge in [-0.25, -0.2) is 12.1 Å². The van der Waals surface area contributed by atoms with Crippen LogP contribution in [0, 0.1) is 6.08 Å². The van der Waals surface area contributed by atoms with Gasteiger partial charge >= 0.3 is 34.6 Å². The van der Waals surface area contributed by atoms with Crippen molar-refractivity contribution < 1.29 is 40.1 Å². The van der Waals surface area contributed by atoms with Gasteiger partial charge in [0.05, 0.1) is 14.2 Å². The summed E-state index contributed by atoms with van der Waals surface area (Å²) in [4.78, 5) is 27.6. The first kappa shape index (κ1) is 28.7. The van der Waals surface area contributed by atoms with E-state index in [-0.39, 0.29) is 21.1 Å². The number of ether oxygens (including phenoxy) is 2.